The molecular weight excluding hydrogens is 245 g/mol. The molecule has 4 heteroatoms. The Labute approximate surface area is 110 Å². The van der Waals surface area contributed by atoms with Crippen molar-refractivity contribution in [2.24, 2.45) is 0 Å². The first-order chi connectivity index (χ1) is 9.22. The van der Waals surface area contributed by atoms with E-state index in [-0.39, 0.29) is 11.3 Å². The maximum absolute atomic E-state index is 13.7. The third kappa shape index (κ3) is 3.23. The Bertz CT molecular complexity index is 620. The highest BCUT2D eigenvalue weighted by Crippen LogP contribution is 2.27. The first-order valence-corrected chi connectivity index (χ1v) is 5.83. The van der Waals surface area contributed by atoms with Crippen LogP contribution in [0.5, 0.6) is 17.2 Å². The van der Waals surface area contributed by atoms with Crippen LogP contribution in [0.1, 0.15) is 12.5 Å². The highest BCUT2D eigenvalue weighted by molar-refractivity contribution is 5.40. The topological polar surface area (TPSA) is 42.2 Å². The largest absolute Gasteiger partial charge is 0.494 e. The van der Waals surface area contributed by atoms with Crippen molar-refractivity contribution < 1.29 is 13.9 Å². The summed E-state index contributed by atoms with van der Waals surface area (Å²) >= 11 is 0. The molecule has 0 saturated carbocycles. The molecule has 2 rings (SSSR count). The molecular formula is C15H12FNO2. The van der Waals surface area contributed by atoms with Gasteiger partial charge in [0.15, 0.2) is 11.6 Å². The Morgan fingerprint density at radius 3 is 2.63 bits per heavy atom. The van der Waals surface area contributed by atoms with E-state index in [4.69, 9.17) is 14.7 Å². The lowest BCUT2D eigenvalue weighted by molar-refractivity contribution is 0.337. The molecule has 0 aliphatic carbocycles. The Hall–Kier alpha value is -2.54. The molecule has 2 aromatic carbocycles. The molecule has 3 nitrogen and oxygen atoms in total. The van der Waals surface area contributed by atoms with Gasteiger partial charge in [-0.1, -0.05) is 6.07 Å². The third-order valence-electron chi connectivity index (χ3n) is 2.41. The number of rotatable bonds is 4. The monoisotopic (exact) mass is 257 g/mol. The van der Waals surface area contributed by atoms with Crippen molar-refractivity contribution >= 4 is 0 Å². The van der Waals surface area contributed by atoms with E-state index in [1.54, 1.807) is 24.3 Å². The van der Waals surface area contributed by atoms with Crippen molar-refractivity contribution in [1.82, 2.24) is 0 Å². The lowest BCUT2D eigenvalue weighted by Gasteiger charge is -2.09. The van der Waals surface area contributed by atoms with E-state index in [0.717, 1.165) is 6.07 Å². The van der Waals surface area contributed by atoms with Crippen molar-refractivity contribution in [3.05, 3.63) is 53.8 Å². The van der Waals surface area contributed by atoms with Crippen LogP contribution in [-0.4, -0.2) is 6.61 Å². The van der Waals surface area contributed by atoms with E-state index in [1.807, 2.05) is 13.0 Å². The Kier molecular flexibility index (Phi) is 3.99. The quantitative estimate of drug-likeness (QED) is 0.834. The van der Waals surface area contributed by atoms with E-state index < -0.39 is 5.82 Å². The average molecular weight is 257 g/mol. The van der Waals surface area contributed by atoms with E-state index in [9.17, 15) is 4.39 Å². The van der Waals surface area contributed by atoms with Crippen LogP contribution in [0.15, 0.2) is 42.5 Å². The predicted octanol–water partition coefficient (Wildman–Crippen LogP) is 3.89. The van der Waals surface area contributed by atoms with Crippen molar-refractivity contribution in [3.63, 3.8) is 0 Å². The number of halogens is 1. The van der Waals surface area contributed by atoms with Gasteiger partial charge in [0.2, 0.25) is 0 Å². The lowest BCUT2D eigenvalue weighted by Crippen LogP contribution is -1.93. The zero-order valence-corrected chi connectivity index (χ0v) is 10.4. The number of hydrogen-bond acceptors (Lipinski definition) is 3. The zero-order valence-electron chi connectivity index (χ0n) is 10.4. The minimum Gasteiger partial charge on any atom is -0.494 e. The molecule has 0 unspecified atom stereocenters. The molecule has 0 spiro atoms. The summed E-state index contributed by atoms with van der Waals surface area (Å²) in [5, 5.41) is 8.66. The summed E-state index contributed by atoms with van der Waals surface area (Å²) in [4.78, 5) is 0. The zero-order chi connectivity index (χ0) is 13.7. The van der Waals surface area contributed by atoms with Gasteiger partial charge in [0.1, 0.15) is 11.5 Å². The summed E-state index contributed by atoms with van der Waals surface area (Å²) in [5.41, 5.74) is 0.257. The van der Waals surface area contributed by atoms with Crippen LogP contribution in [0.3, 0.4) is 0 Å². The fraction of sp³-hybridized carbons (Fsp3) is 0.133. The minimum atomic E-state index is -0.569. The number of nitriles is 1. The van der Waals surface area contributed by atoms with Gasteiger partial charge < -0.3 is 9.47 Å². The molecule has 0 atom stereocenters. The van der Waals surface area contributed by atoms with Crippen molar-refractivity contribution in [2.45, 2.75) is 6.92 Å². The SMILES string of the molecule is CCOc1cccc(Oc2ccc(C#N)cc2F)c1. The van der Waals surface area contributed by atoms with E-state index >= 15 is 0 Å². The molecule has 0 bridgehead atoms. The molecule has 0 fully saturated rings. The van der Waals surface area contributed by atoms with Gasteiger partial charge in [0.25, 0.3) is 0 Å². The summed E-state index contributed by atoms with van der Waals surface area (Å²) in [7, 11) is 0. The van der Waals surface area contributed by atoms with Gasteiger partial charge in [0.05, 0.1) is 18.2 Å². The molecule has 0 amide bonds. The summed E-state index contributed by atoms with van der Waals surface area (Å²) < 4.78 is 24.4. The van der Waals surface area contributed by atoms with Crippen LogP contribution in [0.4, 0.5) is 4.39 Å². The first-order valence-electron chi connectivity index (χ1n) is 5.83. The molecule has 0 saturated heterocycles. The molecule has 0 aliphatic heterocycles. The molecule has 0 N–H and O–H groups in total. The van der Waals surface area contributed by atoms with Gasteiger partial charge in [-0.2, -0.15) is 5.26 Å². The smallest absolute Gasteiger partial charge is 0.167 e. The summed E-state index contributed by atoms with van der Waals surface area (Å²) in [6.07, 6.45) is 0. The highest BCUT2D eigenvalue weighted by Gasteiger charge is 2.06. The van der Waals surface area contributed by atoms with E-state index in [2.05, 4.69) is 0 Å². The highest BCUT2D eigenvalue weighted by atomic mass is 19.1. The van der Waals surface area contributed by atoms with E-state index in [0.29, 0.717) is 18.1 Å². The van der Waals surface area contributed by atoms with Crippen LogP contribution >= 0.6 is 0 Å². The molecule has 0 heterocycles. The van der Waals surface area contributed by atoms with Crippen molar-refractivity contribution in [1.29, 1.82) is 5.26 Å². The normalized spacial score (nSPS) is 9.74. The first kappa shape index (κ1) is 12.9. The second-order valence-electron chi connectivity index (χ2n) is 3.77. The second kappa shape index (κ2) is 5.87. The molecule has 0 aromatic heterocycles. The number of benzene rings is 2. The molecule has 0 radical (unpaired) electrons. The van der Waals surface area contributed by atoms with E-state index in [1.165, 1.54) is 12.1 Å². The van der Waals surface area contributed by atoms with Crippen molar-refractivity contribution in [2.75, 3.05) is 6.61 Å². The standard InChI is InChI=1S/C15H12FNO2/c1-2-18-12-4-3-5-13(9-12)19-15-7-6-11(10-17)8-14(15)16/h3-9H,2H2,1H3. The molecule has 0 aliphatic rings. The van der Waals surface area contributed by atoms with Crippen LogP contribution in [0, 0.1) is 17.1 Å². The lowest BCUT2D eigenvalue weighted by atomic mass is 10.2. The van der Waals surface area contributed by atoms with Crippen LogP contribution < -0.4 is 9.47 Å². The van der Waals surface area contributed by atoms with Crippen LogP contribution in [0.25, 0.3) is 0 Å². The Morgan fingerprint density at radius 2 is 1.95 bits per heavy atom. The average Bonchev–Trinajstić information content (AvgIpc) is 2.42. The van der Waals surface area contributed by atoms with Gasteiger partial charge in [-0.25, -0.2) is 4.39 Å². The van der Waals surface area contributed by atoms with Crippen LogP contribution in [0.2, 0.25) is 0 Å². The maximum Gasteiger partial charge on any atom is 0.167 e. The predicted molar refractivity (Wildman–Crippen MR) is 68.8 cm³/mol. The maximum atomic E-state index is 13.7. The molecule has 19 heavy (non-hydrogen) atoms. The van der Waals surface area contributed by atoms with Gasteiger partial charge in [-0.3, -0.25) is 0 Å². The number of hydrogen-bond donors (Lipinski definition) is 0. The van der Waals surface area contributed by atoms with Crippen LogP contribution in [-0.2, 0) is 0 Å². The molecule has 96 valence electrons. The fourth-order valence-corrected chi connectivity index (χ4v) is 1.57. The van der Waals surface area contributed by atoms with Gasteiger partial charge in [0, 0.05) is 6.07 Å². The summed E-state index contributed by atoms with van der Waals surface area (Å²) in [6.45, 7) is 2.43. The minimum absolute atomic E-state index is 0.0765. The van der Waals surface area contributed by atoms with Gasteiger partial charge in [-0.15, -0.1) is 0 Å². The summed E-state index contributed by atoms with van der Waals surface area (Å²) in [6, 6.07) is 12.9. The fourth-order valence-electron chi connectivity index (χ4n) is 1.57. The molecule has 2 aromatic rings. The Morgan fingerprint density at radius 1 is 1.16 bits per heavy atom. The van der Waals surface area contributed by atoms with Gasteiger partial charge in [-0.05, 0) is 37.3 Å². The third-order valence-corrected chi connectivity index (χ3v) is 2.41. The summed E-state index contributed by atoms with van der Waals surface area (Å²) in [5.74, 6) is 0.650. The number of nitrogens with zero attached hydrogens (tertiary/aromatic N) is 1. The second-order valence-corrected chi connectivity index (χ2v) is 3.77. The number of ether oxygens (including phenoxy) is 2. The Balaban J connectivity index is 2.21. The van der Waals surface area contributed by atoms with Crippen molar-refractivity contribution in [3.8, 4) is 23.3 Å². The van der Waals surface area contributed by atoms with Gasteiger partial charge >= 0.3 is 0 Å².